The molecule has 0 atom stereocenters. The minimum atomic E-state index is 0.768. The fourth-order valence-electron chi connectivity index (χ4n) is 2.64. The number of benzene rings is 3. The highest BCUT2D eigenvalue weighted by molar-refractivity contribution is 6.30. The van der Waals surface area contributed by atoms with E-state index in [1.165, 1.54) is 16.7 Å². The zero-order valence-electron chi connectivity index (χ0n) is 17.6. The van der Waals surface area contributed by atoms with Gasteiger partial charge in [-0.1, -0.05) is 67.9 Å². The second kappa shape index (κ2) is 12.0. The first-order chi connectivity index (χ1) is 13.5. The van der Waals surface area contributed by atoms with Gasteiger partial charge in [0.2, 0.25) is 0 Å². The lowest BCUT2D eigenvalue weighted by atomic mass is 10.0. The molecule has 3 heteroatoms. The van der Waals surface area contributed by atoms with E-state index in [0.717, 1.165) is 33.7 Å². The van der Waals surface area contributed by atoms with Crippen LogP contribution in [0.15, 0.2) is 60.7 Å². The standard InChI is InChI=1S/C14H14ClN.C9H10O.C2H6/c1-10-6-7-12(9-14(10)16-2)11-4-3-5-13(15)8-11;1-7-4-3-5-9(6-10)8(7)2;1-2/h3-9,16H,1-2H3;3-6H,1-2H3;1-2H3. The van der Waals surface area contributed by atoms with Crippen LogP contribution in [0, 0.1) is 20.8 Å². The third-order valence-electron chi connectivity index (χ3n) is 4.44. The van der Waals surface area contributed by atoms with Gasteiger partial charge in [-0.15, -0.1) is 0 Å². The molecule has 3 rings (SSSR count). The molecule has 1 N–H and O–H groups in total. The molecule has 148 valence electrons. The molecule has 0 spiro atoms. The highest BCUT2D eigenvalue weighted by Crippen LogP contribution is 2.26. The van der Waals surface area contributed by atoms with E-state index in [1.54, 1.807) is 0 Å². The molecule has 0 amide bonds. The first kappa shape index (κ1) is 23.5. The lowest BCUT2D eigenvalue weighted by Crippen LogP contribution is -1.91. The second-order valence-electron chi connectivity index (χ2n) is 6.20. The topological polar surface area (TPSA) is 29.1 Å². The van der Waals surface area contributed by atoms with Gasteiger partial charge >= 0.3 is 0 Å². The first-order valence-corrected chi connectivity index (χ1v) is 9.89. The summed E-state index contributed by atoms with van der Waals surface area (Å²) >= 11 is 5.98. The second-order valence-corrected chi connectivity index (χ2v) is 6.63. The summed E-state index contributed by atoms with van der Waals surface area (Å²) in [6.07, 6.45) is 0.891. The maximum absolute atomic E-state index is 10.4. The van der Waals surface area contributed by atoms with Crippen LogP contribution in [-0.2, 0) is 0 Å². The number of halogens is 1. The van der Waals surface area contributed by atoms with Gasteiger partial charge in [0.25, 0.3) is 0 Å². The molecule has 0 aromatic heterocycles. The Morgan fingerprint density at radius 1 is 0.821 bits per heavy atom. The molecule has 0 saturated heterocycles. The number of carbonyl (C=O) groups is 1. The van der Waals surface area contributed by atoms with Crippen molar-refractivity contribution in [3.05, 3.63) is 87.9 Å². The Morgan fingerprint density at radius 3 is 2.04 bits per heavy atom. The van der Waals surface area contributed by atoms with Crippen LogP contribution in [0.25, 0.3) is 11.1 Å². The zero-order valence-corrected chi connectivity index (χ0v) is 18.4. The van der Waals surface area contributed by atoms with Crippen LogP contribution in [0.1, 0.15) is 40.9 Å². The SMILES string of the molecule is CC.CNc1cc(-c2cccc(Cl)c2)ccc1C.Cc1cccc(C=O)c1C. The van der Waals surface area contributed by atoms with E-state index >= 15 is 0 Å². The van der Waals surface area contributed by atoms with Gasteiger partial charge in [-0.25, -0.2) is 0 Å². The average Bonchev–Trinajstić information content (AvgIpc) is 2.72. The normalized spacial score (nSPS) is 9.39. The Balaban J connectivity index is 0.000000281. The van der Waals surface area contributed by atoms with Crippen molar-refractivity contribution in [1.29, 1.82) is 0 Å². The molecule has 0 heterocycles. The monoisotopic (exact) mass is 395 g/mol. The highest BCUT2D eigenvalue weighted by atomic mass is 35.5. The maximum atomic E-state index is 10.4. The number of anilines is 1. The van der Waals surface area contributed by atoms with E-state index in [-0.39, 0.29) is 0 Å². The summed E-state index contributed by atoms with van der Waals surface area (Å²) in [6.45, 7) is 10.1. The van der Waals surface area contributed by atoms with Crippen LogP contribution in [0.4, 0.5) is 5.69 Å². The number of aldehydes is 1. The number of hydrogen-bond acceptors (Lipinski definition) is 2. The van der Waals surface area contributed by atoms with Gasteiger partial charge in [-0.3, -0.25) is 4.79 Å². The Morgan fingerprint density at radius 2 is 1.46 bits per heavy atom. The van der Waals surface area contributed by atoms with Gasteiger partial charge in [0.1, 0.15) is 6.29 Å². The lowest BCUT2D eigenvalue weighted by molar-refractivity contribution is 0.112. The molecule has 0 aliphatic carbocycles. The van der Waals surface area contributed by atoms with Crippen molar-refractivity contribution in [3.8, 4) is 11.1 Å². The number of rotatable bonds is 3. The van der Waals surface area contributed by atoms with Crippen LogP contribution in [0.5, 0.6) is 0 Å². The molecule has 0 fully saturated rings. The molecule has 0 aliphatic rings. The molecule has 2 nitrogen and oxygen atoms in total. The van der Waals surface area contributed by atoms with Crippen molar-refractivity contribution < 1.29 is 4.79 Å². The third-order valence-corrected chi connectivity index (χ3v) is 4.67. The summed E-state index contributed by atoms with van der Waals surface area (Å²) < 4.78 is 0. The van der Waals surface area contributed by atoms with Crippen molar-refractivity contribution >= 4 is 23.6 Å². The molecule has 0 radical (unpaired) electrons. The van der Waals surface area contributed by atoms with Gasteiger partial charge in [0.15, 0.2) is 0 Å². The van der Waals surface area contributed by atoms with Crippen molar-refractivity contribution in [1.82, 2.24) is 0 Å². The average molecular weight is 396 g/mol. The fourth-order valence-corrected chi connectivity index (χ4v) is 2.83. The number of carbonyl (C=O) groups excluding carboxylic acids is 1. The number of aryl methyl sites for hydroxylation is 2. The van der Waals surface area contributed by atoms with Gasteiger partial charge in [0, 0.05) is 23.3 Å². The van der Waals surface area contributed by atoms with Crippen molar-refractivity contribution in [2.75, 3.05) is 12.4 Å². The maximum Gasteiger partial charge on any atom is 0.150 e. The third kappa shape index (κ3) is 6.54. The first-order valence-electron chi connectivity index (χ1n) is 9.52. The summed E-state index contributed by atoms with van der Waals surface area (Å²) in [4.78, 5) is 10.4. The zero-order chi connectivity index (χ0) is 21.1. The summed E-state index contributed by atoms with van der Waals surface area (Å²) in [7, 11) is 1.93. The Hall–Kier alpha value is -2.58. The molecule has 3 aromatic carbocycles. The predicted molar refractivity (Wildman–Crippen MR) is 124 cm³/mol. The van der Waals surface area contributed by atoms with Gasteiger partial charge in [-0.2, -0.15) is 0 Å². The Labute approximate surface area is 174 Å². The van der Waals surface area contributed by atoms with Crippen LogP contribution < -0.4 is 5.32 Å². The molecular weight excluding hydrogens is 366 g/mol. The Kier molecular flexibility index (Phi) is 10.0. The fraction of sp³-hybridized carbons (Fsp3) is 0.240. The molecule has 28 heavy (non-hydrogen) atoms. The van der Waals surface area contributed by atoms with Crippen LogP contribution in [-0.4, -0.2) is 13.3 Å². The highest BCUT2D eigenvalue weighted by Gasteiger charge is 2.01. The van der Waals surface area contributed by atoms with E-state index < -0.39 is 0 Å². The van der Waals surface area contributed by atoms with E-state index in [2.05, 4.69) is 36.5 Å². The molecule has 3 aromatic rings. The summed E-state index contributed by atoms with van der Waals surface area (Å²) in [6, 6.07) is 20.0. The molecule has 0 aliphatic heterocycles. The van der Waals surface area contributed by atoms with Crippen LogP contribution in [0.2, 0.25) is 5.02 Å². The van der Waals surface area contributed by atoms with Crippen LogP contribution in [0.3, 0.4) is 0 Å². The van der Waals surface area contributed by atoms with Crippen molar-refractivity contribution in [3.63, 3.8) is 0 Å². The minimum Gasteiger partial charge on any atom is -0.388 e. The van der Waals surface area contributed by atoms with Crippen LogP contribution >= 0.6 is 11.6 Å². The van der Waals surface area contributed by atoms with E-state index in [9.17, 15) is 4.79 Å². The largest absolute Gasteiger partial charge is 0.388 e. The summed E-state index contributed by atoms with van der Waals surface area (Å²) in [5.41, 5.74) is 7.76. The molecule has 0 unspecified atom stereocenters. The number of nitrogens with one attached hydrogen (secondary N) is 1. The van der Waals surface area contributed by atoms with Gasteiger partial charge < -0.3 is 5.32 Å². The smallest absolute Gasteiger partial charge is 0.150 e. The van der Waals surface area contributed by atoms with Gasteiger partial charge in [-0.05, 0) is 66.8 Å². The lowest BCUT2D eigenvalue weighted by Gasteiger charge is -2.08. The summed E-state index contributed by atoms with van der Waals surface area (Å²) in [5, 5.41) is 3.95. The van der Waals surface area contributed by atoms with Crippen molar-refractivity contribution in [2.24, 2.45) is 0 Å². The van der Waals surface area contributed by atoms with E-state index in [1.807, 2.05) is 71.1 Å². The molecule has 0 bridgehead atoms. The number of hydrogen-bond donors (Lipinski definition) is 1. The van der Waals surface area contributed by atoms with Crippen molar-refractivity contribution in [2.45, 2.75) is 34.6 Å². The Bertz CT molecular complexity index is 903. The van der Waals surface area contributed by atoms with E-state index in [0.29, 0.717) is 0 Å². The quantitative estimate of drug-likeness (QED) is 0.465. The minimum absolute atomic E-state index is 0.768. The molecular formula is C25H30ClNO. The van der Waals surface area contributed by atoms with E-state index in [4.69, 9.17) is 11.6 Å². The molecule has 0 saturated carbocycles. The summed E-state index contributed by atoms with van der Waals surface area (Å²) in [5.74, 6) is 0. The van der Waals surface area contributed by atoms with Gasteiger partial charge in [0.05, 0.1) is 0 Å². The predicted octanol–water partition coefficient (Wildman–Crippen LogP) is 7.50.